The Hall–Kier alpha value is -1.29. The molecule has 1 rings (SSSR count). The Balaban J connectivity index is 2.89. The van der Waals surface area contributed by atoms with Crippen LogP contribution in [0.15, 0.2) is 16.5 Å². The Morgan fingerprint density at radius 1 is 1.32 bits per heavy atom. The maximum absolute atomic E-state index is 11.4. The monoisotopic (exact) mass is 267 g/mol. The molecule has 0 aliphatic rings. The number of carbonyl (C=O) groups excluding carboxylic acids is 1. The van der Waals surface area contributed by atoms with Crippen LogP contribution in [0.5, 0.6) is 0 Å². The summed E-state index contributed by atoms with van der Waals surface area (Å²) in [5.41, 5.74) is 0. The van der Waals surface area contributed by atoms with Crippen LogP contribution in [0.2, 0.25) is 0 Å². The summed E-state index contributed by atoms with van der Waals surface area (Å²) in [6, 6.07) is 3.72. The predicted octanol–water partition coefficient (Wildman–Crippen LogP) is 3.54. The Morgan fingerprint density at radius 2 is 2.00 bits per heavy atom. The number of hydrogen-bond acceptors (Lipinski definition) is 4. The van der Waals surface area contributed by atoms with E-state index in [-0.39, 0.29) is 11.8 Å². The maximum atomic E-state index is 11.4. The van der Waals surface area contributed by atoms with Crippen LogP contribution in [0.3, 0.4) is 0 Å². The summed E-state index contributed by atoms with van der Waals surface area (Å²) < 4.78 is 10.3. The Labute approximate surface area is 115 Å². The van der Waals surface area contributed by atoms with E-state index in [1.165, 1.54) is 7.11 Å². The van der Waals surface area contributed by atoms with Crippen molar-refractivity contribution in [1.29, 1.82) is 0 Å². The molecule has 1 aromatic rings. The Kier molecular flexibility index (Phi) is 6.64. The molecule has 1 aromatic heterocycles. The smallest absolute Gasteiger partial charge is 0.373 e. The molecule has 0 amide bonds. The van der Waals surface area contributed by atoms with Gasteiger partial charge in [0.25, 0.3) is 0 Å². The lowest BCUT2D eigenvalue weighted by atomic mass is 9.92. The molecule has 0 fully saturated rings. The van der Waals surface area contributed by atoms with Gasteiger partial charge < -0.3 is 14.5 Å². The van der Waals surface area contributed by atoms with Gasteiger partial charge >= 0.3 is 5.97 Å². The third-order valence-corrected chi connectivity index (χ3v) is 3.45. The van der Waals surface area contributed by atoms with Gasteiger partial charge in [-0.3, -0.25) is 0 Å². The average Bonchev–Trinajstić information content (AvgIpc) is 2.92. The summed E-state index contributed by atoms with van der Waals surface area (Å²) in [4.78, 5) is 11.4. The molecular weight excluding hydrogens is 242 g/mol. The fraction of sp³-hybridized carbons (Fsp3) is 0.667. The summed E-state index contributed by atoms with van der Waals surface area (Å²) >= 11 is 0. The lowest BCUT2D eigenvalue weighted by Gasteiger charge is -2.24. The quantitative estimate of drug-likeness (QED) is 0.732. The standard InChI is InChI=1S/C15H25NO3/c1-5-10-16-14(11(6-2)7-3)12-8-9-13(19-12)15(17)18-4/h8-9,11,14,16H,5-7,10H2,1-4H3. The fourth-order valence-corrected chi connectivity index (χ4v) is 2.29. The summed E-state index contributed by atoms with van der Waals surface area (Å²) in [7, 11) is 1.36. The van der Waals surface area contributed by atoms with Gasteiger partial charge in [-0.05, 0) is 31.0 Å². The van der Waals surface area contributed by atoms with Gasteiger partial charge in [0, 0.05) is 0 Å². The number of rotatable bonds is 8. The first-order valence-corrected chi connectivity index (χ1v) is 7.09. The van der Waals surface area contributed by atoms with Crippen LogP contribution in [-0.4, -0.2) is 19.6 Å². The number of esters is 1. The minimum Gasteiger partial charge on any atom is -0.463 e. The van der Waals surface area contributed by atoms with Crippen molar-refractivity contribution in [3.63, 3.8) is 0 Å². The molecule has 0 spiro atoms. The van der Waals surface area contributed by atoms with E-state index in [4.69, 9.17) is 4.42 Å². The van der Waals surface area contributed by atoms with Gasteiger partial charge in [-0.15, -0.1) is 0 Å². The lowest BCUT2D eigenvalue weighted by molar-refractivity contribution is 0.0560. The number of carbonyl (C=O) groups is 1. The second-order valence-corrected chi connectivity index (χ2v) is 4.70. The van der Waals surface area contributed by atoms with Crippen molar-refractivity contribution in [3.8, 4) is 0 Å². The molecule has 108 valence electrons. The third kappa shape index (κ3) is 4.10. The minimum absolute atomic E-state index is 0.161. The minimum atomic E-state index is -0.426. The molecule has 0 bridgehead atoms. The van der Waals surface area contributed by atoms with Crippen LogP contribution in [0.25, 0.3) is 0 Å². The van der Waals surface area contributed by atoms with Crippen molar-refractivity contribution >= 4 is 5.97 Å². The second-order valence-electron chi connectivity index (χ2n) is 4.70. The molecule has 0 radical (unpaired) electrons. The van der Waals surface area contributed by atoms with Crippen molar-refractivity contribution in [1.82, 2.24) is 5.32 Å². The van der Waals surface area contributed by atoms with Crippen LogP contribution in [0.4, 0.5) is 0 Å². The molecule has 1 unspecified atom stereocenters. The van der Waals surface area contributed by atoms with Crippen LogP contribution in [0, 0.1) is 5.92 Å². The van der Waals surface area contributed by atoms with Gasteiger partial charge in [0.1, 0.15) is 5.76 Å². The SMILES string of the molecule is CCCNC(c1ccc(C(=O)OC)o1)C(CC)CC. The van der Waals surface area contributed by atoms with Crippen LogP contribution >= 0.6 is 0 Å². The molecule has 0 aliphatic heterocycles. The number of nitrogens with one attached hydrogen (secondary N) is 1. The average molecular weight is 267 g/mol. The fourth-order valence-electron chi connectivity index (χ4n) is 2.29. The molecule has 4 heteroatoms. The number of methoxy groups -OCH3 is 1. The van der Waals surface area contributed by atoms with Gasteiger partial charge in [-0.2, -0.15) is 0 Å². The largest absolute Gasteiger partial charge is 0.463 e. The predicted molar refractivity (Wildman–Crippen MR) is 75.2 cm³/mol. The van der Waals surface area contributed by atoms with Gasteiger partial charge in [0.05, 0.1) is 13.2 Å². The molecule has 0 saturated heterocycles. The molecule has 4 nitrogen and oxygen atoms in total. The second kappa shape index (κ2) is 8.00. The summed E-state index contributed by atoms with van der Waals surface area (Å²) in [5.74, 6) is 1.17. The van der Waals surface area contributed by atoms with Crippen molar-refractivity contribution in [3.05, 3.63) is 23.7 Å². The number of hydrogen-bond donors (Lipinski definition) is 1. The van der Waals surface area contributed by atoms with Gasteiger partial charge in [-0.25, -0.2) is 4.79 Å². The first-order valence-electron chi connectivity index (χ1n) is 7.09. The first kappa shape index (κ1) is 15.8. The zero-order valence-corrected chi connectivity index (χ0v) is 12.4. The van der Waals surface area contributed by atoms with Gasteiger partial charge in [-0.1, -0.05) is 33.6 Å². The van der Waals surface area contributed by atoms with Crippen LogP contribution in [0.1, 0.15) is 62.4 Å². The van der Waals surface area contributed by atoms with E-state index in [2.05, 4.69) is 30.8 Å². The van der Waals surface area contributed by atoms with E-state index in [1.807, 2.05) is 6.07 Å². The molecule has 1 N–H and O–H groups in total. The molecule has 1 atom stereocenters. The van der Waals surface area contributed by atoms with Crippen molar-refractivity contribution in [2.24, 2.45) is 5.92 Å². The van der Waals surface area contributed by atoms with E-state index < -0.39 is 5.97 Å². The van der Waals surface area contributed by atoms with Gasteiger partial charge in [0.2, 0.25) is 5.76 Å². The van der Waals surface area contributed by atoms with E-state index >= 15 is 0 Å². The number of furan rings is 1. The lowest BCUT2D eigenvalue weighted by Crippen LogP contribution is -2.28. The third-order valence-electron chi connectivity index (χ3n) is 3.45. The van der Waals surface area contributed by atoms with Crippen LogP contribution < -0.4 is 5.32 Å². The topological polar surface area (TPSA) is 51.5 Å². The Morgan fingerprint density at radius 3 is 2.53 bits per heavy atom. The zero-order chi connectivity index (χ0) is 14.3. The Bertz CT molecular complexity index is 382. The molecule has 0 saturated carbocycles. The zero-order valence-electron chi connectivity index (χ0n) is 12.4. The van der Waals surface area contributed by atoms with Crippen molar-refractivity contribution < 1.29 is 13.9 Å². The van der Waals surface area contributed by atoms with E-state index in [0.717, 1.165) is 31.6 Å². The highest BCUT2D eigenvalue weighted by atomic mass is 16.5. The van der Waals surface area contributed by atoms with E-state index in [0.29, 0.717) is 5.92 Å². The highest BCUT2D eigenvalue weighted by Crippen LogP contribution is 2.29. The molecular formula is C15H25NO3. The molecule has 0 aliphatic carbocycles. The van der Waals surface area contributed by atoms with E-state index in [9.17, 15) is 4.79 Å². The summed E-state index contributed by atoms with van der Waals surface area (Å²) in [6.45, 7) is 7.44. The summed E-state index contributed by atoms with van der Waals surface area (Å²) in [5, 5.41) is 3.51. The summed E-state index contributed by atoms with van der Waals surface area (Å²) in [6.07, 6.45) is 3.22. The normalized spacial score (nSPS) is 12.7. The highest BCUT2D eigenvalue weighted by Gasteiger charge is 2.24. The first-order chi connectivity index (χ1) is 9.17. The molecule has 0 aromatic carbocycles. The highest BCUT2D eigenvalue weighted by molar-refractivity contribution is 5.86. The van der Waals surface area contributed by atoms with Crippen molar-refractivity contribution in [2.75, 3.05) is 13.7 Å². The number of ether oxygens (including phenoxy) is 1. The van der Waals surface area contributed by atoms with E-state index in [1.54, 1.807) is 6.07 Å². The van der Waals surface area contributed by atoms with Crippen molar-refractivity contribution in [2.45, 2.75) is 46.1 Å². The maximum Gasteiger partial charge on any atom is 0.373 e. The van der Waals surface area contributed by atoms with Crippen LogP contribution in [-0.2, 0) is 4.74 Å². The molecule has 1 heterocycles. The van der Waals surface area contributed by atoms with Gasteiger partial charge in [0.15, 0.2) is 0 Å². The molecule has 19 heavy (non-hydrogen) atoms.